The van der Waals surface area contributed by atoms with E-state index < -0.39 is 6.85 Å². The van der Waals surface area contributed by atoms with Crippen LogP contribution in [0.4, 0.5) is 17.1 Å². The van der Waals surface area contributed by atoms with Crippen LogP contribution in [0.3, 0.4) is 0 Å². The lowest BCUT2D eigenvalue weighted by Gasteiger charge is -2.42. The van der Waals surface area contributed by atoms with Gasteiger partial charge in [0, 0.05) is 36.4 Å². The Morgan fingerprint density at radius 1 is 0.409 bits per heavy atom. The zero-order chi connectivity index (χ0) is 50.0. The molecule has 1 nitrogen and oxygen atoms in total. The van der Waals surface area contributed by atoms with Gasteiger partial charge in [0.15, 0.2) is 0 Å². The monoisotopic (exact) mass is 887 g/mol. The third kappa shape index (κ3) is 8.40. The number of aryl methyl sites for hydroxylation is 1. The Morgan fingerprint density at radius 2 is 0.924 bits per heavy atom. The molecule has 0 radical (unpaired) electrons. The normalized spacial score (nSPS) is 14.8. The van der Waals surface area contributed by atoms with Crippen molar-refractivity contribution in [2.45, 2.75) is 148 Å². The summed E-state index contributed by atoms with van der Waals surface area (Å²) in [5.74, 6) is 0. The maximum absolute atomic E-state index is 8.96. The highest BCUT2D eigenvalue weighted by atomic mass is 32.2. The summed E-state index contributed by atoms with van der Waals surface area (Å²) in [5.41, 5.74) is 19.9. The van der Waals surface area contributed by atoms with E-state index in [4.69, 9.17) is 4.11 Å². The summed E-state index contributed by atoms with van der Waals surface area (Å²) in [6, 6.07) is 50.0. The summed E-state index contributed by atoms with van der Waals surface area (Å²) in [7, 11) is 0. The van der Waals surface area contributed by atoms with E-state index in [0.717, 1.165) is 49.7 Å². The van der Waals surface area contributed by atoms with Crippen LogP contribution in [-0.2, 0) is 27.1 Å². The van der Waals surface area contributed by atoms with Gasteiger partial charge in [0.05, 0.1) is 5.69 Å². The van der Waals surface area contributed by atoms with Gasteiger partial charge in [0.25, 0.3) is 0 Å². The van der Waals surface area contributed by atoms with Crippen molar-refractivity contribution in [2.75, 3.05) is 4.90 Å². The minimum absolute atomic E-state index is 0.0487. The molecule has 0 saturated heterocycles. The van der Waals surface area contributed by atoms with Crippen molar-refractivity contribution >= 4 is 51.9 Å². The molecule has 7 aromatic rings. The van der Waals surface area contributed by atoms with Gasteiger partial charge in [-0.1, -0.05) is 230 Å². The van der Waals surface area contributed by atoms with Gasteiger partial charge in [-0.2, -0.15) is 0 Å². The third-order valence-corrected chi connectivity index (χ3v) is 15.1. The molecular weight excluding hydrogens is 814 g/mol. The predicted molar refractivity (Wildman–Crippen MR) is 291 cm³/mol. The molecule has 336 valence electrons. The van der Waals surface area contributed by atoms with Crippen molar-refractivity contribution in [1.29, 1.82) is 0 Å². The molecule has 0 bridgehead atoms. The molecule has 3 heteroatoms. The molecule has 2 heterocycles. The summed E-state index contributed by atoms with van der Waals surface area (Å²) >= 11 is 1.71. The Labute approximate surface area is 406 Å². The van der Waals surface area contributed by atoms with Gasteiger partial charge in [-0.15, -0.1) is 0 Å². The molecule has 0 saturated carbocycles. The van der Waals surface area contributed by atoms with Crippen LogP contribution >= 0.6 is 11.8 Å². The molecule has 2 aliphatic rings. The van der Waals surface area contributed by atoms with Gasteiger partial charge in [0.2, 0.25) is 6.71 Å². The van der Waals surface area contributed by atoms with Gasteiger partial charge in [-0.25, -0.2) is 0 Å². The summed E-state index contributed by atoms with van der Waals surface area (Å²) in [6.07, 6.45) is 0. The van der Waals surface area contributed by atoms with E-state index in [9.17, 15) is 0 Å². The van der Waals surface area contributed by atoms with Crippen molar-refractivity contribution in [3.63, 3.8) is 0 Å². The third-order valence-electron chi connectivity index (χ3n) is 14.0. The maximum Gasteiger partial charge on any atom is 0.249 e. The first-order valence-corrected chi connectivity index (χ1v) is 24.8. The SMILES string of the molecule is [2H]C([2H])([2H])c1cc2c3c(c1)N(c1c(-c4cccc(C(C)(C)C)c4)cccc1-c1cccc(C(C)(C)C)c1)c1ccc(-c4cc(C(C)(C)C)cc(C(C)(C)C)c4)cc1B3c1cc(C(C)(C)C)ccc1S2. The van der Waals surface area contributed by atoms with Crippen molar-refractivity contribution in [3.8, 4) is 33.4 Å². The van der Waals surface area contributed by atoms with Gasteiger partial charge >= 0.3 is 0 Å². The van der Waals surface area contributed by atoms with Crippen LogP contribution in [0.5, 0.6) is 0 Å². The highest BCUT2D eigenvalue weighted by Crippen LogP contribution is 2.50. The van der Waals surface area contributed by atoms with E-state index in [0.29, 0.717) is 5.56 Å². The molecule has 0 amide bonds. The number of benzene rings is 7. The lowest BCUT2D eigenvalue weighted by molar-refractivity contribution is 0.569. The lowest BCUT2D eigenvalue weighted by Crippen LogP contribution is -2.60. The molecule has 9 rings (SSSR count). The quantitative estimate of drug-likeness (QED) is 0.162. The molecule has 0 spiro atoms. The molecule has 66 heavy (non-hydrogen) atoms. The molecular formula is C63H70BNS. The van der Waals surface area contributed by atoms with Gasteiger partial charge < -0.3 is 4.90 Å². The van der Waals surface area contributed by atoms with Crippen molar-refractivity contribution in [1.82, 2.24) is 0 Å². The van der Waals surface area contributed by atoms with Crippen LogP contribution in [0.1, 0.15) is 141 Å². The number of hydrogen-bond donors (Lipinski definition) is 0. The zero-order valence-electron chi connectivity index (χ0n) is 45.1. The van der Waals surface area contributed by atoms with Crippen LogP contribution in [0.25, 0.3) is 33.4 Å². The molecule has 0 aliphatic carbocycles. The van der Waals surface area contributed by atoms with E-state index >= 15 is 0 Å². The summed E-state index contributed by atoms with van der Waals surface area (Å²) < 4.78 is 26.9. The number of rotatable bonds is 4. The first kappa shape index (κ1) is 42.1. The molecule has 0 aromatic heterocycles. The minimum Gasteiger partial charge on any atom is -0.310 e. The van der Waals surface area contributed by atoms with Crippen molar-refractivity contribution in [3.05, 3.63) is 167 Å². The van der Waals surface area contributed by atoms with Crippen LogP contribution in [0.2, 0.25) is 0 Å². The average molecular weight is 887 g/mol. The summed E-state index contributed by atoms with van der Waals surface area (Å²) in [6.45, 7) is 31.9. The van der Waals surface area contributed by atoms with Crippen LogP contribution in [0.15, 0.2) is 143 Å². The van der Waals surface area contributed by atoms with Crippen LogP contribution in [-0.4, -0.2) is 6.71 Å². The smallest absolute Gasteiger partial charge is 0.249 e. The Morgan fingerprint density at radius 3 is 1.45 bits per heavy atom. The molecule has 0 fully saturated rings. The van der Waals surface area contributed by atoms with E-state index in [1.165, 1.54) is 54.8 Å². The summed E-state index contributed by atoms with van der Waals surface area (Å²) in [4.78, 5) is 4.62. The Kier molecular flexibility index (Phi) is 10.2. The predicted octanol–water partition coefficient (Wildman–Crippen LogP) is 16.2. The maximum atomic E-state index is 8.96. The van der Waals surface area contributed by atoms with E-state index in [2.05, 4.69) is 230 Å². The lowest BCUT2D eigenvalue weighted by atomic mass is 9.34. The average Bonchev–Trinajstić information content (AvgIpc) is 3.26. The second-order valence-electron chi connectivity index (χ2n) is 24.2. The summed E-state index contributed by atoms with van der Waals surface area (Å²) in [5, 5.41) is 0. The number of anilines is 3. The fourth-order valence-corrected chi connectivity index (χ4v) is 11.0. The zero-order valence-corrected chi connectivity index (χ0v) is 43.0. The van der Waals surface area contributed by atoms with Crippen LogP contribution < -0.4 is 21.3 Å². The number of fused-ring (bicyclic) bond motifs is 4. The molecule has 2 aliphatic heterocycles. The van der Waals surface area contributed by atoms with Crippen molar-refractivity contribution in [2.24, 2.45) is 0 Å². The topological polar surface area (TPSA) is 3.24 Å². The van der Waals surface area contributed by atoms with Crippen LogP contribution in [0, 0.1) is 6.85 Å². The highest BCUT2D eigenvalue weighted by molar-refractivity contribution is 8.00. The molecule has 0 N–H and O–H groups in total. The van der Waals surface area contributed by atoms with E-state index in [1.807, 2.05) is 12.1 Å². The standard InChI is InChI=1S/C63H70BNS/c1-39-30-54-57-56(31-39)66-55-29-27-46(61(8,9)10)38-52(55)64(57)51-36-40(43-34-47(62(11,12)13)37-48(35-43)63(14,15)16)26-28-53(51)65(54)58-49(41-20-17-22-44(32-41)59(2,3)4)24-19-25-50(58)42-21-18-23-45(33-42)60(5,6)7/h17-38H,1-16H3/i1D3. The largest absolute Gasteiger partial charge is 0.310 e. The Bertz CT molecular complexity index is 3050. The number of para-hydroxylation sites is 1. The first-order valence-electron chi connectivity index (χ1n) is 25.4. The molecule has 0 atom stereocenters. The van der Waals surface area contributed by atoms with E-state index in [1.54, 1.807) is 11.8 Å². The van der Waals surface area contributed by atoms with Crippen molar-refractivity contribution < 1.29 is 4.11 Å². The molecule has 7 aromatic carbocycles. The van der Waals surface area contributed by atoms with Gasteiger partial charge in [0.1, 0.15) is 0 Å². The fraction of sp³-hybridized carbons (Fsp3) is 0.333. The Hall–Kier alpha value is -5.25. The number of hydrogen-bond acceptors (Lipinski definition) is 2. The minimum atomic E-state index is -2.33. The van der Waals surface area contributed by atoms with E-state index in [-0.39, 0.29) is 33.8 Å². The number of nitrogens with zero attached hydrogens (tertiary/aromatic N) is 1. The fourth-order valence-electron chi connectivity index (χ4n) is 9.86. The van der Waals surface area contributed by atoms with Gasteiger partial charge in [-0.05, 0) is 125 Å². The van der Waals surface area contributed by atoms with Gasteiger partial charge in [-0.3, -0.25) is 0 Å². The second kappa shape index (κ2) is 15.9. The second-order valence-corrected chi connectivity index (χ2v) is 25.3. The highest BCUT2D eigenvalue weighted by Gasteiger charge is 2.43. The Balaban J connectivity index is 1.44. The first-order chi connectivity index (χ1) is 32.0. The molecule has 0 unspecified atom stereocenters.